The molecule has 0 aromatic heterocycles. The summed E-state index contributed by atoms with van der Waals surface area (Å²) in [5.74, 6) is -1.11. The number of ether oxygens (including phenoxy) is 1. The first kappa shape index (κ1) is 16.1. The second kappa shape index (κ2) is 7.62. The SMILES string of the molecule is CCC(=O)N(Cc1ccc(F)cc1)CC(C)C(=O)OC. The number of esters is 1. The summed E-state index contributed by atoms with van der Waals surface area (Å²) in [5.41, 5.74) is 0.824. The van der Waals surface area contributed by atoms with Crippen LogP contribution in [0.3, 0.4) is 0 Å². The van der Waals surface area contributed by atoms with Gasteiger partial charge in [-0.1, -0.05) is 26.0 Å². The van der Waals surface area contributed by atoms with Crippen molar-refractivity contribution in [3.63, 3.8) is 0 Å². The van der Waals surface area contributed by atoms with Crippen LogP contribution in [-0.4, -0.2) is 30.4 Å². The molecule has 4 nitrogen and oxygen atoms in total. The Kier molecular flexibility index (Phi) is 6.15. The van der Waals surface area contributed by atoms with Gasteiger partial charge in [-0.15, -0.1) is 0 Å². The molecule has 110 valence electrons. The monoisotopic (exact) mass is 281 g/mol. The minimum absolute atomic E-state index is 0.0509. The first-order chi connectivity index (χ1) is 9.47. The van der Waals surface area contributed by atoms with Crippen LogP contribution in [0.1, 0.15) is 25.8 Å². The molecule has 0 aliphatic rings. The van der Waals surface area contributed by atoms with E-state index in [-0.39, 0.29) is 24.2 Å². The molecular weight excluding hydrogens is 261 g/mol. The fourth-order valence-electron chi connectivity index (χ4n) is 1.89. The lowest BCUT2D eigenvalue weighted by Crippen LogP contribution is -2.36. The zero-order valence-electron chi connectivity index (χ0n) is 12.1. The van der Waals surface area contributed by atoms with Gasteiger partial charge in [0.2, 0.25) is 5.91 Å². The number of carbonyl (C=O) groups is 2. The first-order valence-electron chi connectivity index (χ1n) is 6.58. The maximum Gasteiger partial charge on any atom is 0.310 e. The Labute approximate surface area is 118 Å². The highest BCUT2D eigenvalue weighted by molar-refractivity contribution is 5.77. The minimum atomic E-state index is -0.393. The van der Waals surface area contributed by atoms with Gasteiger partial charge in [0.1, 0.15) is 5.82 Å². The molecule has 0 saturated carbocycles. The van der Waals surface area contributed by atoms with Crippen LogP contribution in [0.4, 0.5) is 4.39 Å². The second-order valence-corrected chi connectivity index (χ2v) is 4.68. The molecule has 1 unspecified atom stereocenters. The van der Waals surface area contributed by atoms with Crippen molar-refractivity contribution in [3.05, 3.63) is 35.6 Å². The number of benzene rings is 1. The average molecular weight is 281 g/mol. The topological polar surface area (TPSA) is 46.6 Å². The molecule has 20 heavy (non-hydrogen) atoms. The Balaban J connectivity index is 2.76. The van der Waals surface area contributed by atoms with Gasteiger partial charge in [0.25, 0.3) is 0 Å². The van der Waals surface area contributed by atoms with E-state index in [0.29, 0.717) is 13.0 Å². The van der Waals surface area contributed by atoms with Crippen LogP contribution in [0.2, 0.25) is 0 Å². The normalized spacial score (nSPS) is 11.8. The highest BCUT2D eigenvalue weighted by atomic mass is 19.1. The molecule has 1 aromatic carbocycles. The molecule has 0 heterocycles. The van der Waals surface area contributed by atoms with Crippen molar-refractivity contribution in [1.29, 1.82) is 0 Å². The molecule has 1 amide bonds. The Hall–Kier alpha value is -1.91. The summed E-state index contributed by atoms with van der Waals surface area (Å²) >= 11 is 0. The van der Waals surface area contributed by atoms with Gasteiger partial charge in [0.15, 0.2) is 0 Å². The number of halogens is 1. The van der Waals surface area contributed by atoms with Gasteiger partial charge < -0.3 is 9.64 Å². The molecule has 0 fully saturated rings. The van der Waals surface area contributed by atoms with E-state index in [4.69, 9.17) is 0 Å². The fourth-order valence-corrected chi connectivity index (χ4v) is 1.89. The Morgan fingerprint density at radius 3 is 2.40 bits per heavy atom. The molecule has 0 aliphatic carbocycles. The van der Waals surface area contributed by atoms with E-state index in [9.17, 15) is 14.0 Å². The summed E-state index contributed by atoms with van der Waals surface area (Å²) in [5, 5.41) is 0. The minimum Gasteiger partial charge on any atom is -0.469 e. The van der Waals surface area contributed by atoms with Crippen molar-refractivity contribution in [2.24, 2.45) is 5.92 Å². The summed E-state index contributed by atoms with van der Waals surface area (Å²) in [6.45, 7) is 4.13. The summed E-state index contributed by atoms with van der Waals surface area (Å²) < 4.78 is 17.5. The summed E-state index contributed by atoms with van der Waals surface area (Å²) in [6.07, 6.45) is 0.356. The number of rotatable bonds is 6. The molecular formula is C15H20FNO3. The third kappa shape index (κ3) is 4.64. The molecule has 0 N–H and O–H groups in total. The smallest absolute Gasteiger partial charge is 0.310 e. The summed E-state index contributed by atoms with van der Waals surface area (Å²) in [6, 6.07) is 5.98. The highest BCUT2D eigenvalue weighted by Gasteiger charge is 2.20. The van der Waals surface area contributed by atoms with E-state index in [0.717, 1.165) is 5.56 Å². The molecule has 1 atom stereocenters. The summed E-state index contributed by atoms with van der Waals surface area (Å²) in [4.78, 5) is 25.0. The predicted molar refractivity (Wildman–Crippen MR) is 73.3 cm³/mol. The quantitative estimate of drug-likeness (QED) is 0.752. The number of carbonyl (C=O) groups excluding carboxylic acids is 2. The van der Waals surface area contributed by atoms with E-state index in [1.165, 1.54) is 19.2 Å². The number of hydrogen-bond acceptors (Lipinski definition) is 3. The van der Waals surface area contributed by atoms with E-state index < -0.39 is 5.92 Å². The largest absolute Gasteiger partial charge is 0.469 e. The lowest BCUT2D eigenvalue weighted by molar-refractivity contribution is -0.146. The van der Waals surface area contributed by atoms with E-state index in [2.05, 4.69) is 4.74 Å². The van der Waals surface area contributed by atoms with E-state index in [1.807, 2.05) is 0 Å². The van der Waals surface area contributed by atoms with Gasteiger partial charge in [-0.3, -0.25) is 9.59 Å². The first-order valence-corrected chi connectivity index (χ1v) is 6.58. The van der Waals surface area contributed by atoms with Crippen LogP contribution >= 0.6 is 0 Å². The molecule has 0 bridgehead atoms. The molecule has 1 rings (SSSR count). The van der Waals surface area contributed by atoms with E-state index in [1.54, 1.807) is 30.9 Å². The number of nitrogens with zero attached hydrogens (tertiary/aromatic N) is 1. The third-order valence-corrected chi connectivity index (χ3v) is 3.04. The zero-order chi connectivity index (χ0) is 15.1. The van der Waals surface area contributed by atoms with Crippen LogP contribution in [0.25, 0.3) is 0 Å². The molecule has 5 heteroatoms. The number of hydrogen-bond donors (Lipinski definition) is 0. The molecule has 0 saturated heterocycles. The summed E-state index contributed by atoms with van der Waals surface area (Å²) in [7, 11) is 1.32. The molecule has 0 spiro atoms. The predicted octanol–water partition coefficient (Wildman–Crippen LogP) is 2.37. The van der Waals surface area contributed by atoms with Crippen LogP contribution in [0.5, 0.6) is 0 Å². The molecule has 0 aliphatic heterocycles. The third-order valence-electron chi connectivity index (χ3n) is 3.04. The van der Waals surface area contributed by atoms with Gasteiger partial charge in [-0.25, -0.2) is 4.39 Å². The highest BCUT2D eigenvalue weighted by Crippen LogP contribution is 2.11. The van der Waals surface area contributed by atoms with Gasteiger partial charge in [0, 0.05) is 19.5 Å². The molecule has 1 aromatic rings. The van der Waals surface area contributed by atoms with Crippen molar-refractivity contribution in [3.8, 4) is 0 Å². The van der Waals surface area contributed by atoms with Crippen molar-refractivity contribution < 1.29 is 18.7 Å². The van der Waals surface area contributed by atoms with Crippen LogP contribution in [-0.2, 0) is 20.9 Å². The number of methoxy groups -OCH3 is 1. The van der Waals surface area contributed by atoms with Crippen LogP contribution < -0.4 is 0 Å². The number of amides is 1. The molecule has 0 radical (unpaired) electrons. The Bertz CT molecular complexity index is 459. The van der Waals surface area contributed by atoms with Crippen molar-refractivity contribution in [1.82, 2.24) is 4.90 Å². The second-order valence-electron chi connectivity index (χ2n) is 4.68. The van der Waals surface area contributed by atoms with Gasteiger partial charge in [-0.05, 0) is 17.7 Å². The van der Waals surface area contributed by atoms with Gasteiger partial charge in [-0.2, -0.15) is 0 Å². The lowest BCUT2D eigenvalue weighted by atomic mass is 10.1. The Morgan fingerprint density at radius 2 is 1.90 bits per heavy atom. The lowest BCUT2D eigenvalue weighted by Gasteiger charge is -2.24. The maximum atomic E-state index is 12.9. The van der Waals surface area contributed by atoms with Crippen molar-refractivity contribution in [2.45, 2.75) is 26.8 Å². The average Bonchev–Trinajstić information content (AvgIpc) is 2.46. The van der Waals surface area contributed by atoms with Crippen molar-refractivity contribution in [2.75, 3.05) is 13.7 Å². The van der Waals surface area contributed by atoms with E-state index >= 15 is 0 Å². The maximum absolute atomic E-state index is 12.9. The van der Waals surface area contributed by atoms with Crippen LogP contribution in [0.15, 0.2) is 24.3 Å². The van der Waals surface area contributed by atoms with Gasteiger partial charge >= 0.3 is 5.97 Å². The standard InChI is InChI=1S/C15H20FNO3/c1-4-14(18)17(9-11(2)15(19)20-3)10-12-5-7-13(16)8-6-12/h5-8,11H,4,9-10H2,1-3H3. The fraction of sp³-hybridized carbons (Fsp3) is 0.467. The zero-order valence-corrected chi connectivity index (χ0v) is 12.1. The van der Waals surface area contributed by atoms with Gasteiger partial charge in [0.05, 0.1) is 13.0 Å². The van der Waals surface area contributed by atoms with Crippen molar-refractivity contribution >= 4 is 11.9 Å². The van der Waals surface area contributed by atoms with Crippen LogP contribution in [0, 0.1) is 11.7 Å². The Morgan fingerprint density at radius 1 is 1.30 bits per heavy atom.